The van der Waals surface area contributed by atoms with Crippen molar-refractivity contribution in [1.29, 1.82) is 0 Å². The predicted molar refractivity (Wildman–Crippen MR) is 76.7 cm³/mol. The minimum Gasteiger partial charge on any atom is -0.342 e. The highest BCUT2D eigenvalue weighted by Gasteiger charge is 2.16. The predicted octanol–water partition coefficient (Wildman–Crippen LogP) is 2.95. The van der Waals surface area contributed by atoms with Crippen LogP contribution in [0.25, 0.3) is 0 Å². The van der Waals surface area contributed by atoms with E-state index < -0.39 is 0 Å². The molecule has 0 aliphatic carbocycles. The number of piperidine rings is 1. The molecule has 1 amide bonds. The van der Waals surface area contributed by atoms with Gasteiger partial charge in [-0.1, -0.05) is 32.6 Å². The lowest BCUT2D eigenvalue weighted by Crippen LogP contribution is -2.43. The number of nitrogens with one attached hydrogen (secondary N) is 1. The topological polar surface area (TPSA) is 32.3 Å². The third-order valence-electron chi connectivity index (χ3n) is 3.80. The van der Waals surface area contributed by atoms with Crippen molar-refractivity contribution in [3.05, 3.63) is 0 Å². The van der Waals surface area contributed by atoms with Gasteiger partial charge >= 0.3 is 0 Å². The number of likely N-dealkylation sites (tertiary alicyclic amines) is 1. The van der Waals surface area contributed by atoms with Gasteiger partial charge in [0.1, 0.15) is 0 Å². The van der Waals surface area contributed by atoms with Crippen molar-refractivity contribution in [1.82, 2.24) is 10.2 Å². The van der Waals surface area contributed by atoms with Crippen LogP contribution in [-0.4, -0.2) is 36.5 Å². The molecular formula is C15H30N2O. The van der Waals surface area contributed by atoms with Gasteiger partial charge in [-0.25, -0.2) is 0 Å². The first-order valence-corrected chi connectivity index (χ1v) is 7.75. The Labute approximate surface area is 112 Å². The quantitative estimate of drug-likeness (QED) is 0.675. The molecule has 18 heavy (non-hydrogen) atoms. The zero-order valence-electron chi connectivity index (χ0n) is 12.2. The molecule has 3 heteroatoms. The van der Waals surface area contributed by atoms with E-state index in [9.17, 15) is 4.79 Å². The second-order valence-electron chi connectivity index (χ2n) is 5.57. The Kier molecular flexibility index (Phi) is 8.06. The minimum absolute atomic E-state index is 0.287. The van der Waals surface area contributed by atoms with E-state index in [0.717, 1.165) is 13.1 Å². The first-order chi connectivity index (χ1) is 8.74. The maximum absolute atomic E-state index is 11.9. The molecule has 0 radical (unpaired) electrons. The van der Waals surface area contributed by atoms with E-state index in [1.165, 1.54) is 51.4 Å². The molecule has 0 aromatic heterocycles. The lowest BCUT2D eigenvalue weighted by Gasteiger charge is -2.27. The molecule has 1 saturated heterocycles. The van der Waals surface area contributed by atoms with Crippen LogP contribution in [0, 0.1) is 0 Å². The molecule has 0 bridgehead atoms. The summed E-state index contributed by atoms with van der Waals surface area (Å²) in [6.45, 7) is 6.88. The van der Waals surface area contributed by atoms with Gasteiger partial charge in [-0.2, -0.15) is 0 Å². The van der Waals surface area contributed by atoms with E-state index in [-0.39, 0.29) is 5.91 Å². The molecule has 1 unspecified atom stereocenters. The molecular weight excluding hydrogens is 224 g/mol. The number of rotatable bonds is 8. The fourth-order valence-corrected chi connectivity index (χ4v) is 2.50. The lowest BCUT2D eigenvalue weighted by atomic mass is 10.1. The second-order valence-corrected chi connectivity index (χ2v) is 5.57. The van der Waals surface area contributed by atoms with E-state index >= 15 is 0 Å². The largest absolute Gasteiger partial charge is 0.342 e. The Morgan fingerprint density at radius 1 is 1.17 bits per heavy atom. The molecule has 0 spiro atoms. The van der Waals surface area contributed by atoms with Crippen LogP contribution in [0.3, 0.4) is 0 Å². The van der Waals surface area contributed by atoms with Crippen LogP contribution in [-0.2, 0) is 4.79 Å². The molecule has 3 nitrogen and oxygen atoms in total. The Bertz CT molecular complexity index is 225. The van der Waals surface area contributed by atoms with Gasteiger partial charge in [-0.3, -0.25) is 4.79 Å². The fourth-order valence-electron chi connectivity index (χ4n) is 2.50. The molecule has 1 rings (SSSR count). The smallest absolute Gasteiger partial charge is 0.236 e. The number of hydrogen-bond donors (Lipinski definition) is 1. The van der Waals surface area contributed by atoms with Gasteiger partial charge in [0.05, 0.1) is 6.54 Å². The van der Waals surface area contributed by atoms with Crippen molar-refractivity contribution < 1.29 is 4.79 Å². The Balaban J connectivity index is 2.05. The monoisotopic (exact) mass is 254 g/mol. The van der Waals surface area contributed by atoms with Crippen molar-refractivity contribution in [3.63, 3.8) is 0 Å². The summed E-state index contributed by atoms with van der Waals surface area (Å²) >= 11 is 0. The van der Waals surface area contributed by atoms with Crippen molar-refractivity contribution in [2.24, 2.45) is 0 Å². The van der Waals surface area contributed by atoms with Crippen molar-refractivity contribution in [2.45, 2.75) is 71.3 Å². The van der Waals surface area contributed by atoms with Gasteiger partial charge in [0.25, 0.3) is 0 Å². The maximum Gasteiger partial charge on any atom is 0.236 e. The molecule has 1 fully saturated rings. The van der Waals surface area contributed by atoms with Crippen molar-refractivity contribution in [2.75, 3.05) is 19.6 Å². The number of unbranched alkanes of at least 4 members (excludes halogenated alkanes) is 3. The summed E-state index contributed by atoms with van der Waals surface area (Å²) in [5.74, 6) is 0.287. The van der Waals surface area contributed by atoms with Gasteiger partial charge in [0, 0.05) is 19.1 Å². The number of hydrogen-bond acceptors (Lipinski definition) is 2. The number of carbonyl (C=O) groups excluding carboxylic acids is 1. The van der Waals surface area contributed by atoms with Crippen LogP contribution in [0.2, 0.25) is 0 Å². The summed E-state index contributed by atoms with van der Waals surface area (Å²) in [5.41, 5.74) is 0. The van der Waals surface area contributed by atoms with Crippen molar-refractivity contribution >= 4 is 5.91 Å². The highest BCUT2D eigenvalue weighted by Crippen LogP contribution is 2.09. The van der Waals surface area contributed by atoms with E-state index in [0.29, 0.717) is 12.6 Å². The van der Waals surface area contributed by atoms with Crippen LogP contribution in [0.4, 0.5) is 0 Å². The highest BCUT2D eigenvalue weighted by molar-refractivity contribution is 5.78. The zero-order valence-corrected chi connectivity index (χ0v) is 12.2. The Morgan fingerprint density at radius 3 is 2.56 bits per heavy atom. The highest BCUT2D eigenvalue weighted by atomic mass is 16.2. The van der Waals surface area contributed by atoms with Gasteiger partial charge in [0.2, 0.25) is 5.91 Å². The van der Waals surface area contributed by atoms with Crippen LogP contribution in [0.15, 0.2) is 0 Å². The van der Waals surface area contributed by atoms with Crippen molar-refractivity contribution in [3.8, 4) is 0 Å². The van der Waals surface area contributed by atoms with Crippen LogP contribution in [0.5, 0.6) is 0 Å². The molecule has 0 saturated carbocycles. The third-order valence-corrected chi connectivity index (χ3v) is 3.80. The van der Waals surface area contributed by atoms with E-state index in [4.69, 9.17) is 0 Å². The summed E-state index contributed by atoms with van der Waals surface area (Å²) in [6, 6.07) is 0.468. The molecule has 1 atom stereocenters. The SMILES string of the molecule is CCCCCCC(C)NCC(=O)N1CCCCC1. The Morgan fingerprint density at radius 2 is 1.89 bits per heavy atom. The zero-order chi connectivity index (χ0) is 13.2. The average Bonchev–Trinajstić information content (AvgIpc) is 2.42. The minimum atomic E-state index is 0.287. The summed E-state index contributed by atoms with van der Waals surface area (Å²) < 4.78 is 0. The van der Waals surface area contributed by atoms with Gasteiger partial charge in [0.15, 0.2) is 0 Å². The maximum atomic E-state index is 11.9. The standard InChI is InChI=1S/C15H30N2O/c1-3-4-5-7-10-14(2)16-13-15(18)17-11-8-6-9-12-17/h14,16H,3-13H2,1-2H3. The number of carbonyl (C=O) groups is 1. The van der Waals surface area contributed by atoms with Gasteiger partial charge in [-0.15, -0.1) is 0 Å². The average molecular weight is 254 g/mol. The van der Waals surface area contributed by atoms with E-state index in [2.05, 4.69) is 19.2 Å². The second kappa shape index (κ2) is 9.37. The molecule has 1 aliphatic rings. The Hall–Kier alpha value is -0.570. The van der Waals surface area contributed by atoms with Gasteiger partial charge in [-0.05, 0) is 32.6 Å². The van der Waals surface area contributed by atoms with E-state index in [1.807, 2.05) is 4.90 Å². The van der Waals surface area contributed by atoms with Crippen LogP contribution < -0.4 is 5.32 Å². The van der Waals surface area contributed by atoms with E-state index in [1.54, 1.807) is 0 Å². The summed E-state index contributed by atoms with van der Waals surface area (Å²) in [4.78, 5) is 14.0. The summed E-state index contributed by atoms with van der Waals surface area (Å²) in [6.07, 6.45) is 10.0. The molecule has 0 aromatic carbocycles. The molecule has 106 valence electrons. The molecule has 1 aliphatic heterocycles. The first-order valence-electron chi connectivity index (χ1n) is 7.75. The number of amides is 1. The lowest BCUT2D eigenvalue weighted by molar-refractivity contribution is -0.131. The normalized spacial score (nSPS) is 17.8. The fraction of sp³-hybridized carbons (Fsp3) is 0.933. The molecule has 1 N–H and O–H groups in total. The van der Waals surface area contributed by atoms with Gasteiger partial charge < -0.3 is 10.2 Å². The molecule has 0 aromatic rings. The first kappa shape index (κ1) is 15.5. The number of nitrogens with zero attached hydrogens (tertiary/aromatic N) is 1. The third kappa shape index (κ3) is 6.39. The summed E-state index contributed by atoms with van der Waals surface area (Å²) in [5, 5.41) is 3.37. The molecule has 1 heterocycles. The summed E-state index contributed by atoms with van der Waals surface area (Å²) in [7, 11) is 0. The van der Waals surface area contributed by atoms with Crippen LogP contribution >= 0.6 is 0 Å². The van der Waals surface area contributed by atoms with Crippen LogP contribution in [0.1, 0.15) is 65.2 Å².